The lowest BCUT2D eigenvalue weighted by Gasteiger charge is -2.44. The second-order valence-electron chi connectivity index (χ2n) is 10.1. The van der Waals surface area contributed by atoms with Crippen LogP contribution >= 0.6 is 0 Å². The maximum Gasteiger partial charge on any atom is 0.192 e. The summed E-state index contributed by atoms with van der Waals surface area (Å²) in [6, 6.07) is 11.1. The van der Waals surface area contributed by atoms with Crippen molar-refractivity contribution in [2.75, 3.05) is 0 Å². The lowest BCUT2D eigenvalue weighted by atomic mass is 10.1. The molecule has 0 N–H and O–H groups in total. The minimum Gasteiger partial charge on any atom is -0.414 e. The fraction of sp³-hybridized carbons (Fsp3) is 0.667. The minimum atomic E-state index is -1.82. The highest BCUT2D eigenvalue weighted by atomic mass is 28.4. The lowest BCUT2D eigenvalue weighted by Crippen LogP contribution is -2.53. The molecule has 1 rings (SSSR count). The molecule has 27 heavy (non-hydrogen) atoms. The Morgan fingerprint density at radius 3 is 2.07 bits per heavy atom. The van der Waals surface area contributed by atoms with Crippen molar-refractivity contribution in [3.05, 3.63) is 43.0 Å². The average molecular weight is 405 g/mol. The van der Waals surface area contributed by atoms with Gasteiger partial charge in [0.15, 0.2) is 8.32 Å². The Kier molecular flexibility index (Phi) is 9.24. The van der Waals surface area contributed by atoms with E-state index in [0.717, 1.165) is 6.42 Å². The Bertz CT molecular complexity index is 557. The van der Waals surface area contributed by atoms with Crippen molar-refractivity contribution in [2.45, 2.75) is 103 Å². The first kappa shape index (κ1) is 24.4. The first-order valence-corrected chi connectivity index (χ1v) is 16.8. The van der Waals surface area contributed by atoms with Crippen LogP contribution < -0.4 is 5.19 Å². The smallest absolute Gasteiger partial charge is 0.192 e. The molecule has 0 saturated carbocycles. The number of unbranched alkanes of at least 4 members (excludes halogenated alkanes) is 3. The van der Waals surface area contributed by atoms with Gasteiger partial charge in [-0.25, -0.2) is 0 Å². The van der Waals surface area contributed by atoms with E-state index < -0.39 is 16.4 Å². The predicted octanol–water partition coefficient (Wildman–Crippen LogP) is 7.52. The second kappa shape index (κ2) is 10.2. The van der Waals surface area contributed by atoms with Crippen molar-refractivity contribution in [3.8, 4) is 0 Å². The van der Waals surface area contributed by atoms with Crippen LogP contribution in [-0.4, -0.2) is 22.5 Å². The summed E-state index contributed by atoms with van der Waals surface area (Å²) in [4.78, 5) is 0. The Hall–Kier alpha value is -0.646. The zero-order valence-corrected chi connectivity index (χ0v) is 21.3. The molecule has 154 valence electrons. The fourth-order valence-electron chi connectivity index (χ4n) is 3.61. The molecule has 0 unspecified atom stereocenters. The summed E-state index contributed by atoms with van der Waals surface area (Å²) in [5, 5.41) is 1.74. The molecule has 2 atom stereocenters. The summed E-state index contributed by atoms with van der Waals surface area (Å²) in [7, 11) is -3.54. The van der Waals surface area contributed by atoms with Crippen LogP contribution in [0.5, 0.6) is 0 Å². The van der Waals surface area contributed by atoms with E-state index in [-0.39, 0.29) is 5.04 Å². The third-order valence-corrected chi connectivity index (χ3v) is 15.2. The van der Waals surface area contributed by atoms with Gasteiger partial charge in [-0.15, -0.1) is 6.58 Å². The molecule has 1 aromatic rings. The summed E-state index contributed by atoms with van der Waals surface area (Å²) in [6.07, 6.45) is 8.85. The largest absolute Gasteiger partial charge is 0.414 e. The summed E-state index contributed by atoms with van der Waals surface area (Å²) in [5.74, 6) is 0. The maximum absolute atomic E-state index is 7.05. The van der Waals surface area contributed by atoms with Crippen molar-refractivity contribution in [1.29, 1.82) is 0 Å². The molecule has 3 heteroatoms. The highest BCUT2D eigenvalue weighted by Gasteiger charge is 2.44. The van der Waals surface area contributed by atoms with Gasteiger partial charge in [-0.2, -0.15) is 0 Å². The molecule has 0 heterocycles. The first-order chi connectivity index (χ1) is 12.5. The van der Waals surface area contributed by atoms with Crippen LogP contribution in [0.1, 0.15) is 59.8 Å². The van der Waals surface area contributed by atoms with Gasteiger partial charge < -0.3 is 4.43 Å². The van der Waals surface area contributed by atoms with E-state index in [0.29, 0.717) is 11.6 Å². The molecule has 0 spiro atoms. The van der Waals surface area contributed by atoms with Gasteiger partial charge in [0.1, 0.15) is 0 Å². The van der Waals surface area contributed by atoms with Crippen LogP contribution in [-0.2, 0) is 4.43 Å². The van der Waals surface area contributed by atoms with Crippen LogP contribution in [0.25, 0.3) is 0 Å². The Morgan fingerprint density at radius 1 is 1.00 bits per heavy atom. The topological polar surface area (TPSA) is 9.23 Å². The first-order valence-electron chi connectivity index (χ1n) is 10.8. The molecular weight excluding hydrogens is 360 g/mol. The number of rotatable bonds is 11. The zero-order valence-electron chi connectivity index (χ0n) is 19.3. The van der Waals surface area contributed by atoms with Crippen LogP contribution in [0.3, 0.4) is 0 Å². The third kappa shape index (κ3) is 6.72. The van der Waals surface area contributed by atoms with Gasteiger partial charge in [0.05, 0.1) is 8.07 Å². The second-order valence-corrected chi connectivity index (χ2v) is 19.6. The molecule has 0 aliphatic rings. The van der Waals surface area contributed by atoms with Crippen molar-refractivity contribution < 1.29 is 4.43 Å². The summed E-state index contributed by atoms with van der Waals surface area (Å²) < 4.78 is 7.05. The van der Waals surface area contributed by atoms with Gasteiger partial charge in [0.25, 0.3) is 0 Å². The fourth-order valence-corrected chi connectivity index (χ4v) is 8.31. The van der Waals surface area contributed by atoms with Gasteiger partial charge in [-0.3, -0.25) is 0 Å². The van der Waals surface area contributed by atoms with E-state index in [1.165, 1.54) is 30.9 Å². The van der Waals surface area contributed by atoms with Gasteiger partial charge >= 0.3 is 0 Å². The monoisotopic (exact) mass is 404 g/mol. The SMILES string of the molecule is C=C[C@@H]([C@H](CCCCCC)O[Si](C)(C)C(C)(C)C)[Si](C)(C)c1ccccc1. The molecule has 0 aliphatic carbocycles. The Balaban J connectivity index is 3.14. The average Bonchev–Trinajstić information content (AvgIpc) is 2.58. The third-order valence-electron chi connectivity index (χ3n) is 6.60. The van der Waals surface area contributed by atoms with Gasteiger partial charge in [0, 0.05) is 11.6 Å². The molecule has 0 amide bonds. The predicted molar refractivity (Wildman–Crippen MR) is 128 cm³/mol. The zero-order chi connectivity index (χ0) is 20.7. The van der Waals surface area contributed by atoms with Crippen LogP contribution in [0.15, 0.2) is 43.0 Å². The molecular formula is C24H44OSi2. The molecule has 0 radical (unpaired) electrons. The van der Waals surface area contributed by atoms with E-state index in [9.17, 15) is 0 Å². The Labute approximate surface area is 171 Å². The quantitative estimate of drug-likeness (QED) is 0.210. The van der Waals surface area contributed by atoms with Crippen LogP contribution in [0.2, 0.25) is 36.8 Å². The standard InChI is InChI=1S/C24H44OSi2/c1-10-12-13-17-20-22(25-27(8,9)24(3,4)5)23(11-2)26(6,7)21-18-15-14-16-19-21/h11,14-16,18-19,22-23H,2,10,12-13,17,20H2,1,3-9H3/t22-,23-/m0/s1. The van der Waals surface area contributed by atoms with Crippen molar-refractivity contribution in [2.24, 2.45) is 0 Å². The van der Waals surface area contributed by atoms with Crippen molar-refractivity contribution in [1.82, 2.24) is 0 Å². The van der Waals surface area contributed by atoms with Crippen molar-refractivity contribution >= 4 is 21.6 Å². The maximum atomic E-state index is 7.05. The summed E-state index contributed by atoms with van der Waals surface area (Å²) >= 11 is 0. The molecule has 0 aliphatic heterocycles. The molecule has 0 aromatic heterocycles. The molecule has 0 saturated heterocycles. The van der Waals surface area contributed by atoms with E-state index in [4.69, 9.17) is 4.43 Å². The van der Waals surface area contributed by atoms with E-state index in [1.807, 2.05) is 0 Å². The molecule has 0 fully saturated rings. The normalized spacial score (nSPS) is 15.4. The molecule has 1 aromatic carbocycles. The van der Waals surface area contributed by atoms with Crippen molar-refractivity contribution in [3.63, 3.8) is 0 Å². The Morgan fingerprint density at radius 2 is 1.59 bits per heavy atom. The summed E-state index contributed by atoms with van der Waals surface area (Å²) in [5.41, 5.74) is 0.440. The molecule has 1 nitrogen and oxygen atoms in total. The van der Waals surface area contributed by atoms with Gasteiger partial charge in [-0.05, 0) is 24.6 Å². The highest BCUT2D eigenvalue weighted by Crippen LogP contribution is 2.41. The molecule has 0 bridgehead atoms. The van der Waals surface area contributed by atoms with E-state index >= 15 is 0 Å². The number of benzene rings is 1. The van der Waals surface area contributed by atoms with E-state index in [1.54, 1.807) is 0 Å². The van der Waals surface area contributed by atoms with Gasteiger partial charge in [-0.1, -0.05) is 108 Å². The lowest BCUT2D eigenvalue weighted by molar-refractivity contribution is 0.168. The van der Waals surface area contributed by atoms with Crippen LogP contribution in [0.4, 0.5) is 0 Å². The van der Waals surface area contributed by atoms with Crippen LogP contribution in [0, 0.1) is 0 Å². The minimum absolute atomic E-state index is 0.235. The summed E-state index contributed by atoms with van der Waals surface area (Å²) in [6.45, 7) is 23.4. The number of hydrogen-bond donors (Lipinski definition) is 0. The number of hydrogen-bond acceptors (Lipinski definition) is 1. The van der Waals surface area contributed by atoms with Gasteiger partial charge in [0.2, 0.25) is 0 Å². The highest BCUT2D eigenvalue weighted by molar-refractivity contribution is 6.91. The van der Waals surface area contributed by atoms with E-state index in [2.05, 4.69) is 96.9 Å².